The number of piperidine rings is 1. The fraction of sp³-hybridized carbons (Fsp3) is 0.400. The summed E-state index contributed by atoms with van der Waals surface area (Å²) in [6.45, 7) is 3.48. The Labute approximate surface area is 176 Å². The van der Waals surface area contributed by atoms with Crippen molar-refractivity contribution in [2.45, 2.75) is 50.9 Å². The van der Waals surface area contributed by atoms with Gasteiger partial charge in [-0.1, -0.05) is 12.5 Å². The molecule has 0 N–H and O–H groups in total. The number of hydrogen-bond acceptors (Lipinski definition) is 3. The van der Waals surface area contributed by atoms with Gasteiger partial charge in [0, 0.05) is 42.8 Å². The summed E-state index contributed by atoms with van der Waals surface area (Å²) in [6.07, 6.45) is 12.2. The molecule has 0 unspecified atom stereocenters. The monoisotopic (exact) mass is 401 g/mol. The van der Waals surface area contributed by atoms with Gasteiger partial charge in [0.1, 0.15) is 11.9 Å². The quantitative estimate of drug-likeness (QED) is 0.593. The zero-order chi connectivity index (χ0) is 20.7. The lowest BCUT2D eigenvalue weighted by molar-refractivity contribution is 0.0712. The highest BCUT2D eigenvalue weighted by Crippen LogP contribution is 2.39. The Kier molecular flexibility index (Phi) is 4.89. The Hall–Kier alpha value is -2.95. The lowest BCUT2D eigenvalue weighted by Gasteiger charge is -2.33. The number of carbonyl (C=O) groups excluding carboxylic acids is 2. The number of carbonyl (C=O) groups is 2. The molecule has 2 fully saturated rings. The summed E-state index contributed by atoms with van der Waals surface area (Å²) in [5.74, 6) is 0.984. The van der Waals surface area contributed by atoms with E-state index in [-0.39, 0.29) is 5.91 Å². The van der Waals surface area contributed by atoms with Crippen molar-refractivity contribution >= 4 is 17.8 Å². The molecule has 1 saturated carbocycles. The molecule has 3 heterocycles. The molecule has 154 valence electrons. The third kappa shape index (κ3) is 3.32. The zero-order valence-corrected chi connectivity index (χ0v) is 17.4. The van der Waals surface area contributed by atoms with Crippen molar-refractivity contribution < 1.29 is 9.59 Å². The van der Waals surface area contributed by atoms with Crippen LogP contribution in [-0.4, -0.2) is 39.6 Å². The minimum atomic E-state index is 0.0536. The van der Waals surface area contributed by atoms with E-state index in [1.807, 2.05) is 34.7 Å². The van der Waals surface area contributed by atoms with E-state index in [9.17, 15) is 9.59 Å². The van der Waals surface area contributed by atoms with Crippen LogP contribution in [0.25, 0.3) is 5.65 Å². The first kappa shape index (κ1) is 19.0. The number of benzene rings is 1. The fourth-order valence-corrected chi connectivity index (χ4v) is 4.92. The summed E-state index contributed by atoms with van der Waals surface area (Å²) in [6, 6.07) is 8.22. The van der Waals surface area contributed by atoms with E-state index in [4.69, 9.17) is 0 Å². The predicted octanol–water partition coefficient (Wildman–Crippen LogP) is 4.74. The third-order valence-electron chi connectivity index (χ3n) is 7.01. The van der Waals surface area contributed by atoms with Gasteiger partial charge in [-0.05, 0) is 79.3 Å². The van der Waals surface area contributed by atoms with Crippen molar-refractivity contribution in [1.82, 2.24) is 14.3 Å². The summed E-state index contributed by atoms with van der Waals surface area (Å²) in [4.78, 5) is 31.2. The number of hydrogen-bond donors (Lipinski definition) is 0. The van der Waals surface area contributed by atoms with Crippen LogP contribution in [0.5, 0.6) is 0 Å². The number of imidazole rings is 1. The number of likely N-dealkylation sites (tertiary alicyclic amines) is 1. The van der Waals surface area contributed by atoms with Crippen LogP contribution < -0.4 is 0 Å². The number of aldehydes is 1. The molecule has 1 aliphatic carbocycles. The van der Waals surface area contributed by atoms with Crippen molar-refractivity contribution in [3.8, 4) is 0 Å². The molecule has 3 aromatic rings. The van der Waals surface area contributed by atoms with E-state index in [1.54, 1.807) is 0 Å². The zero-order valence-electron chi connectivity index (χ0n) is 17.4. The average molecular weight is 402 g/mol. The van der Waals surface area contributed by atoms with Crippen LogP contribution in [0, 0.1) is 6.92 Å². The fourth-order valence-electron chi connectivity index (χ4n) is 4.92. The van der Waals surface area contributed by atoms with Gasteiger partial charge in [-0.25, -0.2) is 4.98 Å². The molecular formula is C25H27N3O2. The van der Waals surface area contributed by atoms with Crippen LogP contribution in [0.15, 0.2) is 42.9 Å². The number of aryl methyl sites for hydroxylation is 1. The minimum absolute atomic E-state index is 0.0536. The molecule has 1 aliphatic heterocycles. The van der Waals surface area contributed by atoms with Gasteiger partial charge < -0.3 is 9.30 Å². The second kappa shape index (κ2) is 7.71. The Morgan fingerprint density at radius 2 is 1.87 bits per heavy atom. The molecule has 5 rings (SSSR count). The van der Waals surface area contributed by atoms with Gasteiger partial charge in [0.15, 0.2) is 0 Å². The first-order chi connectivity index (χ1) is 14.6. The highest BCUT2D eigenvalue weighted by molar-refractivity contribution is 5.97. The Morgan fingerprint density at radius 3 is 2.57 bits per heavy atom. The molecule has 5 heteroatoms. The first-order valence-corrected chi connectivity index (χ1v) is 11.0. The highest BCUT2D eigenvalue weighted by Gasteiger charge is 2.28. The molecule has 1 aromatic carbocycles. The van der Waals surface area contributed by atoms with E-state index in [0.717, 1.165) is 61.8 Å². The molecule has 2 aliphatic rings. The maximum Gasteiger partial charge on any atom is 0.254 e. The summed E-state index contributed by atoms with van der Waals surface area (Å²) in [5.41, 5.74) is 5.74. The van der Waals surface area contributed by atoms with E-state index in [0.29, 0.717) is 23.0 Å². The molecule has 1 amide bonds. The largest absolute Gasteiger partial charge is 0.339 e. The van der Waals surface area contributed by atoms with Gasteiger partial charge in [0.05, 0.1) is 0 Å². The van der Waals surface area contributed by atoms with Crippen molar-refractivity contribution in [3.63, 3.8) is 0 Å². The van der Waals surface area contributed by atoms with Crippen LogP contribution in [0.4, 0.5) is 0 Å². The van der Waals surface area contributed by atoms with E-state index in [1.165, 1.54) is 12.0 Å². The van der Waals surface area contributed by atoms with Crippen LogP contribution in [0.1, 0.15) is 81.3 Å². The molecule has 2 aromatic heterocycles. The predicted molar refractivity (Wildman–Crippen MR) is 116 cm³/mol. The lowest BCUT2D eigenvalue weighted by Crippen LogP contribution is -2.38. The number of amides is 1. The average Bonchev–Trinajstić information content (AvgIpc) is 3.20. The van der Waals surface area contributed by atoms with Crippen molar-refractivity contribution in [3.05, 3.63) is 70.7 Å². The van der Waals surface area contributed by atoms with E-state index in [2.05, 4.69) is 29.4 Å². The van der Waals surface area contributed by atoms with Gasteiger partial charge in [-0.3, -0.25) is 9.59 Å². The third-order valence-corrected chi connectivity index (χ3v) is 7.01. The van der Waals surface area contributed by atoms with Gasteiger partial charge in [-0.2, -0.15) is 0 Å². The molecule has 30 heavy (non-hydrogen) atoms. The van der Waals surface area contributed by atoms with E-state index < -0.39 is 0 Å². The Balaban J connectivity index is 1.31. The Bertz CT molecular complexity index is 1100. The summed E-state index contributed by atoms with van der Waals surface area (Å²) in [7, 11) is 0. The maximum atomic E-state index is 13.2. The molecule has 0 bridgehead atoms. The molecule has 0 radical (unpaired) electrons. The SMILES string of the molecule is Cc1cc(C2CCC2)c(C=O)cc1C(=O)N1CCC(c2ccn3ccnc3c2)CC1. The van der Waals surface area contributed by atoms with Crippen LogP contribution in [-0.2, 0) is 0 Å². The number of aromatic nitrogens is 2. The van der Waals surface area contributed by atoms with Crippen molar-refractivity contribution in [2.24, 2.45) is 0 Å². The minimum Gasteiger partial charge on any atom is -0.339 e. The second-order valence-corrected chi connectivity index (χ2v) is 8.76. The normalized spacial score (nSPS) is 17.8. The summed E-state index contributed by atoms with van der Waals surface area (Å²) < 4.78 is 2.02. The molecule has 0 spiro atoms. The smallest absolute Gasteiger partial charge is 0.254 e. The Morgan fingerprint density at radius 1 is 1.07 bits per heavy atom. The lowest BCUT2D eigenvalue weighted by atomic mass is 9.77. The standard InChI is InChI=1S/C25H27N3O2/c1-17-13-23(19-3-2-4-19)21(16-29)14-22(17)25(30)28-10-5-18(6-11-28)20-7-9-27-12-8-26-24(27)15-20/h7-9,12-16,18-19H,2-6,10-11H2,1H3. The number of pyridine rings is 1. The first-order valence-electron chi connectivity index (χ1n) is 11.0. The molecule has 0 atom stereocenters. The topological polar surface area (TPSA) is 54.7 Å². The number of fused-ring (bicyclic) bond motifs is 1. The van der Waals surface area contributed by atoms with Gasteiger partial charge in [0.2, 0.25) is 0 Å². The molecule has 1 saturated heterocycles. The number of nitrogens with zero attached hydrogens (tertiary/aromatic N) is 3. The molecular weight excluding hydrogens is 374 g/mol. The van der Waals surface area contributed by atoms with Gasteiger partial charge >= 0.3 is 0 Å². The highest BCUT2D eigenvalue weighted by atomic mass is 16.2. The van der Waals surface area contributed by atoms with E-state index >= 15 is 0 Å². The van der Waals surface area contributed by atoms with Crippen molar-refractivity contribution in [1.29, 1.82) is 0 Å². The van der Waals surface area contributed by atoms with Crippen LogP contribution in [0.3, 0.4) is 0 Å². The summed E-state index contributed by atoms with van der Waals surface area (Å²) >= 11 is 0. The molecule has 5 nitrogen and oxygen atoms in total. The van der Waals surface area contributed by atoms with Crippen molar-refractivity contribution in [2.75, 3.05) is 13.1 Å². The summed E-state index contributed by atoms with van der Waals surface area (Å²) in [5, 5.41) is 0. The van der Waals surface area contributed by atoms with Crippen LogP contribution >= 0.6 is 0 Å². The number of rotatable bonds is 4. The van der Waals surface area contributed by atoms with Crippen LogP contribution in [0.2, 0.25) is 0 Å². The maximum absolute atomic E-state index is 13.2. The van der Waals surface area contributed by atoms with Gasteiger partial charge in [0.25, 0.3) is 5.91 Å². The van der Waals surface area contributed by atoms with Gasteiger partial charge in [-0.15, -0.1) is 0 Å². The second-order valence-electron chi connectivity index (χ2n) is 8.76.